The molecule has 14 nitrogen and oxygen atoms in total. The van der Waals surface area contributed by atoms with E-state index in [1.165, 1.54) is 49.8 Å². The smallest absolute Gasteiger partial charge is 0.496 e. The molecule has 23 heteroatoms. The summed E-state index contributed by atoms with van der Waals surface area (Å²) in [5, 5.41) is 6.64. The Kier molecular flexibility index (Phi) is 14.3. The summed E-state index contributed by atoms with van der Waals surface area (Å²) in [6.07, 6.45) is 1.83. The lowest BCUT2D eigenvalue weighted by Crippen LogP contribution is -2.28. The van der Waals surface area contributed by atoms with E-state index < -0.39 is 40.6 Å². The summed E-state index contributed by atoms with van der Waals surface area (Å²) in [4.78, 5) is 16.5. The normalized spacial score (nSPS) is 12.1. The first kappa shape index (κ1) is 46.0. The van der Waals surface area contributed by atoms with Crippen molar-refractivity contribution in [2.45, 2.75) is 45.4 Å². The zero-order valence-corrected chi connectivity index (χ0v) is 35.4. The van der Waals surface area contributed by atoms with Gasteiger partial charge >= 0.3 is 23.2 Å². The third-order valence-corrected chi connectivity index (χ3v) is 11.6. The van der Waals surface area contributed by atoms with Crippen LogP contribution in [0.2, 0.25) is 10.0 Å². The van der Waals surface area contributed by atoms with E-state index in [0.717, 1.165) is 25.6 Å². The molecule has 0 radical (unpaired) electrons. The summed E-state index contributed by atoms with van der Waals surface area (Å²) in [6, 6.07) is 13.4. The van der Waals surface area contributed by atoms with Crippen LogP contribution in [0.5, 0.6) is 17.2 Å². The van der Waals surface area contributed by atoms with Crippen LogP contribution in [0.4, 0.5) is 45.0 Å². The fourth-order valence-electron chi connectivity index (χ4n) is 5.22. The van der Waals surface area contributed by atoms with Crippen molar-refractivity contribution in [3.05, 3.63) is 95.0 Å². The number of nitrogens with one attached hydrogen (secondary N) is 2. The minimum absolute atomic E-state index is 0.0223. The van der Waals surface area contributed by atoms with E-state index in [2.05, 4.69) is 34.8 Å². The van der Waals surface area contributed by atoms with Crippen molar-refractivity contribution in [2.24, 2.45) is 0 Å². The van der Waals surface area contributed by atoms with E-state index in [9.17, 15) is 34.9 Å². The SMILES string of the molecule is COc1cc2ncnc(Nc3ccc(F)c(Cl)c3)c2cc1OS(=O)(=O)C(F)(F)F.COc1cc2ncnc(Nc3ccc(F)c(Cl)c3)c2cc1P(=O)(OC(C)C)OC(C)C. The number of rotatable bonds is 13. The lowest BCUT2D eigenvalue weighted by Gasteiger charge is -2.24. The van der Waals surface area contributed by atoms with Crippen LogP contribution >= 0.6 is 30.8 Å². The van der Waals surface area contributed by atoms with Crippen molar-refractivity contribution in [2.75, 3.05) is 24.9 Å². The third kappa shape index (κ3) is 10.8. The zero-order chi connectivity index (χ0) is 44.2. The Morgan fingerprint density at radius 2 is 1.12 bits per heavy atom. The highest BCUT2D eigenvalue weighted by molar-refractivity contribution is 7.88. The molecule has 6 rings (SSSR count). The predicted molar refractivity (Wildman–Crippen MR) is 217 cm³/mol. The van der Waals surface area contributed by atoms with Crippen LogP contribution in [0.25, 0.3) is 21.8 Å². The molecular formula is C37H34Cl2F5N6O8PS. The Morgan fingerprint density at radius 1 is 0.667 bits per heavy atom. The maximum Gasteiger partial charge on any atom is 0.534 e. The van der Waals surface area contributed by atoms with Crippen LogP contribution in [0, 0.1) is 11.6 Å². The minimum atomic E-state index is -5.93. The van der Waals surface area contributed by atoms with Gasteiger partial charge in [-0.05, 0) is 76.2 Å². The fourth-order valence-corrected chi connectivity index (χ4v) is 8.14. The van der Waals surface area contributed by atoms with Gasteiger partial charge in [0.1, 0.15) is 47.0 Å². The van der Waals surface area contributed by atoms with Gasteiger partial charge in [0, 0.05) is 34.3 Å². The summed E-state index contributed by atoms with van der Waals surface area (Å²) >= 11 is 11.6. The van der Waals surface area contributed by atoms with Gasteiger partial charge in [-0.1, -0.05) is 23.2 Å². The molecule has 0 aliphatic heterocycles. The van der Waals surface area contributed by atoms with Crippen LogP contribution in [0.1, 0.15) is 27.7 Å². The number of benzene rings is 4. The van der Waals surface area contributed by atoms with E-state index in [0.29, 0.717) is 33.8 Å². The van der Waals surface area contributed by atoms with E-state index in [1.54, 1.807) is 39.8 Å². The van der Waals surface area contributed by atoms with Gasteiger partial charge in [0.2, 0.25) is 0 Å². The summed E-state index contributed by atoms with van der Waals surface area (Å²) in [5.74, 6) is -1.36. The quantitative estimate of drug-likeness (QED) is 0.0485. The molecule has 0 fully saturated rings. The van der Waals surface area contributed by atoms with E-state index >= 15 is 0 Å². The molecule has 0 atom stereocenters. The largest absolute Gasteiger partial charge is 0.534 e. The average Bonchev–Trinajstić information content (AvgIpc) is 3.16. The first-order valence-electron chi connectivity index (χ1n) is 17.2. The monoisotopic (exact) mass is 918 g/mol. The molecule has 0 amide bonds. The van der Waals surface area contributed by atoms with Gasteiger partial charge in [0.05, 0.1) is 47.5 Å². The number of hydrogen-bond acceptors (Lipinski definition) is 14. The maximum atomic E-state index is 13.8. The molecule has 0 spiro atoms. The van der Waals surface area contributed by atoms with Crippen LogP contribution in [0.3, 0.4) is 0 Å². The van der Waals surface area contributed by atoms with Gasteiger partial charge in [-0.15, -0.1) is 0 Å². The molecule has 0 unspecified atom stereocenters. The highest BCUT2D eigenvalue weighted by Crippen LogP contribution is 2.52. The van der Waals surface area contributed by atoms with Gasteiger partial charge in [-0.3, -0.25) is 4.57 Å². The number of aromatic nitrogens is 4. The Bertz CT molecular complexity index is 2690. The van der Waals surface area contributed by atoms with Crippen molar-refractivity contribution < 1.29 is 57.6 Å². The molecule has 60 heavy (non-hydrogen) atoms. The summed E-state index contributed by atoms with van der Waals surface area (Å²) in [6.45, 7) is 7.10. The van der Waals surface area contributed by atoms with Crippen LogP contribution in [-0.4, -0.2) is 60.3 Å². The van der Waals surface area contributed by atoms with E-state index in [4.69, 9.17) is 41.7 Å². The van der Waals surface area contributed by atoms with Crippen molar-refractivity contribution in [1.29, 1.82) is 0 Å². The number of halogens is 7. The Labute approximate surface area is 350 Å². The zero-order valence-electron chi connectivity index (χ0n) is 32.1. The maximum absolute atomic E-state index is 13.8. The van der Waals surface area contributed by atoms with Gasteiger partial charge in [-0.25, -0.2) is 28.7 Å². The number of methoxy groups -OCH3 is 2. The molecule has 0 aliphatic rings. The van der Waals surface area contributed by atoms with Crippen molar-refractivity contribution >= 4 is 91.0 Å². The number of hydrogen-bond donors (Lipinski definition) is 2. The number of alkyl halides is 3. The molecule has 0 saturated carbocycles. The number of ether oxygens (including phenoxy) is 2. The lowest BCUT2D eigenvalue weighted by molar-refractivity contribution is -0.0500. The van der Waals surface area contributed by atoms with Crippen molar-refractivity contribution in [3.63, 3.8) is 0 Å². The van der Waals surface area contributed by atoms with Crippen molar-refractivity contribution in [3.8, 4) is 17.2 Å². The van der Waals surface area contributed by atoms with Crippen LogP contribution in [-0.2, 0) is 23.7 Å². The van der Waals surface area contributed by atoms with E-state index in [-0.39, 0.29) is 50.0 Å². The Balaban J connectivity index is 0.000000228. The molecular weight excluding hydrogens is 885 g/mol. The average molecular weight is 920 g/mol. The summed E-state index contributed by atoms with van der Waals surface area (Å²) in [5.41, 5.74) is -4.02. The molecule has 2 aromatic heterocycles. The highest BCUT2D eigenvalue weighted by Gasteiger charge is 2.49. The second-order valence-electron chi connectivity index (χ2n) is 12.8. The molecule has 2 heterocycles. The van der Waals surface area contributed by atoms with Gasteiger partial charge in [0.25, 0.3) is 0 Å². The van der Waals surface area contributed by atoms with Crippen LogP contribution in [0.15, 0.2) is 73.3 Å². The Hall–Kier alpha value is -5.11. The number of anilines is 4. The first-order valence-corrected chi connectivity index (χ1v) is 20.9. The second kappa shape index (κ2) is 18.7. The standard InChI is InChI=1S/C21H24ClFN3O4P.C16H10ClF4N3O4S/c1-12(2)29-31(27,30-13(3)4)20-9-15-18(10-19(20)28-5)24-11-25-21(15)26-14-6-7-17(23)16(22)8-14;1-27-13-6-12-9(5-14(13)28-29(25,26)16(19,20)21)15(23-7-22-12)24-8-2-3-11(18)10(17)4-8/h6-13H,1-5H3,(H,24,25,26);2-7H,1H3,(H,22,23,24). The summed E-state index contributed by atoms with van der Waals surface area (Å²) in [7, 11) is -7.08. The molecule has 0 aliphatic carbocycles. The number of nitrogens with zero attached hydrogens (tertiary/aromatic N) is 4. The third-order valence-electron chi connectivity index (χ3n) is 7.70. The van der Waals surface area contributed by atoms with Crippen molar-refractivity contribution in [1.82, 2.24) is 19.9 Å². The molecule has 0 bridgehead atoms. The van der Waals surface area contributed by atoms with Gasteiger partial charge in [0.15, 0.2) is 11.5 Å². The molecule has 2 N–H and O–H groups in total. The second-order valence-corrected chi connectivity index (χ2v) is 17.1. The molecule has 6 aromatic rings. The first-order chi connectivity index (χ1) is 28.1. The molecule has 320 valence electrons. The summed E-state index contributed by atoms with van der Waals surface area (Å²) < 4.78 is 127. The van der Waals surface area contributed by atoms with Gasteiger partial charge < -0.3 is 33.3 Å². The number of fused-ring (bicyclic) bond motifs is 2. The van der Waals surface area contributed by atoms with E-state index in [1.807, 2.05) is 0 Å². The predicted octanol–water partition coefficient (Wildman–Crippen LogP) is 10.2. The molecule has 0 saturated heterocycles. The lowest BCUT2D eigenvalue weighted by atomic mass is 10.2. The van der Waals surface area contributed by atoms with Crippen LogP contribution < -0.4 is 29.6 Å². The topological polar surface area (TPSA) is 173 Å². The Morgan fingerprint density at radius 3 is 1.53 bits per heavy atom. The highest BCUT2D eigenvalue weighted by atomic mass is 35.5. The van der Waals surface area contributed by atoms with Gasteiger partial charge in [-0.2, -0.15) is 21.6 Å². The molecule has 4 aromatic carbocycles. The fraction of sp³-hybridized carbons (Fsp3) is 0.243. The minimum Gasteiger partial charge on any atom is -0.496 e.